The van der Waals surface area contributed by atoms with Crippen molar-refractivity contribution in [3.05, 3.63) is 52.3 Å². The molecule has 0 saturated heterocycles. The van der Waals surface area contributed by atoms with E-state index in [0.29, 0.717) is 28.9 Å². The molecule has 0 atom stereocenters. The molecule has 0 bridgehead atoms. The van der Waals surface area contributed by atoms with Gasteiger partial charge in [-0.15, -0.1) is 0 Å². The van der Waals surface area contributed by atoms with Gasteiger partial charge in [0.1, 0.15) is 22.5 Å². The zero-order valence-corrected chi connectivity index (χ0v) is 14.4. The van der Waals surface area contributed by atoms with Crippen LogP contribution in [0.1, 0.15) is 25.1 Å². The van der Waals surface area contributed by atoms with Crippen LogP contribution in [0.15, 0.2) is 24.3 Å². The number of para-hydroxylation sites is 1. The van der Waals surface area contributed by atoms with Crippen molar-refractivity contribution in [1.82, 2.24) is 9.78 Å². The molecule has 128 valence electrons. The summed E-state index contributed by atoms with van der Waals surface area (Å²) in [7, 11) is 0. The highest BCUT2D eigenvalue weighted by atomic mass is 35.5. The second kappa shape index (κ2) is 7.57. The average Bonchev–Trinajstić information content (AvgIpc) is 2.75. The van der Waals surface area contributed by atoms with Gasteiger partial charge in [0.15, 0.2) is 0 Å². The smallest absolute Gasteiger partial charge is 0.248 e. The Morgan fingerprint density at radius 2 is 2.00 bits per heavy atom. The first kappa shape index (κ1) is 18.1. The number of aromatic nitrogens is 2. The number of benzene rings is 1. The van der Waals surface area contributed by atoms with E-state index in [1.165, 1.54) is 18.2 Å². The molecule has 2 aromatic rings. The molecular weight excluding hydrogens is 336 g/mol. The molecule has 1 aromatic carbocycles. The standard InChI is InChI=1S/C17H18ClF2N3O/c1-10(2)9-23-17(18)12(11(3)22-23)7-8-15(24)21-16-13(19)5-4-6-14(16)20/h4-8,10H,9H2,1-3H3,(H,21,24)/b8-7+. The molecule has 0 aliphatic heterocycles. The maximum Gasteiger partial charge on any atom is 0.248 e. The fourth-order valence-corrected chi connectivity index (χ4v) is 2.47. The number of nitrogens with one attached hydrogen (secondary N) is 1. The van der Waals surface area contributed by atoms with Crippen molar-refractivity contribution < 1.29 is 13.6 Å². The summed E-state index contributed by atoms with van der Waals surface area (Å²) in [6.45, 7) is 6.51. The topological polar surface area (TPSA) is 46.9 Å². The Balaban J connectivity index is 2.16. The minimum absolute atomic E-state index is 0.367. The van der Waals surface area contributed by atoms with Crippen LogP contribution in [-0.2, 0) is 11.3 Å². The Kier molecular flexibility index (Phi) is 5.72. The van der Waals surface area contributed by atoms with Gasteiger partial charge in [0.05, 0.1) is 5.69 Å². The highest BCUT2D eigenvalue weighted by molar-refractivity contribution is 6.31. The molecule has 1 N–H and O–H groups in total. The molecule has 24 heavy (non-hydrogen) atoms. The van der Waals surface area contributed by atoms with E-state index in [1.54, 1.807) is 11.6 Å². The van der Waals surface area contributed by atoms with Crippen LogP contribution in [0.25, 0.3) is 6.08 Å². The van der Waals surface area contributed by atoms with E-state index >= 15 is 0 Å². The van der Waals surface area contributed by atoms with E-state index in [-0.39, 0.29) is 0 Å². The molecular formula is C17H18ClF2N3O. The third kappa shape index (κ3) is 4.20. The number of aryl methyl sites for hydroxylation is 1. The van der Waals surface area contributed by atoms with Crippen LogP contribution in [0, 0.1) is 24.5 Å². The van der Waals surface area contributed by atoms with Gasteiger partial charge in [-0.2, -0.15) is 5.10 Å². The van der Waals surface area contributed by atoms with Crippen molar-refractivity contribution in [3.63, 3.8) is 0 Å². The van der Waals surface area contributed by atoms with Crippen LogP contribution >= 0.6 is 11.6 Å². The van der Waals surface area contributed by atoms with Crippen LogP contribution in [0.2, 0.25) is 5.15 Å². The van der Waals surface area contributed by atoms with Crippen molar-refractivity contribution in [3.8, 4) is 0 Å². The van der Waals surface area contributed by atoms with Crippen molar-refractivity contribution in [2.75, 3.05) is 5.32 Å². The van der Waals surface area contributed by atoms with Gasteiger partial charge in [0.2, 0.25) is 5.91 Å². The number of rotatable bonds is 5. The second-order valence-corrected chi connectivity index (χ2v) is 6.14. The van der Waals surface area contributed by atoms with Gasteiger partial charge in [-0.3, -0.25) is 9.48 Å². The Bertz CT molecular complexity index is 764. The summed E-state index contributed by atoms with van der Waals surface area (Å²) in [5, 5.41) is 6.92. The quantitative estimate of drug-likeness (QED) is 0.808. The maximum absolute atomic E-state index is 13.5. The minimum Gasteiger partial charge on any atom is -0.318 e. The summed E-state index contributed by atoms with van der Waals surface area (Å²) in [5.74, 6) is -1.97. The highest BCUT2D eigenvalue weighted by Crippen LogP contribution is 2.23. The van der Waals surface area contributed by atoms with E-state index < -0.39 is 23.2 Å². The molecule has 1 heterocycles. The van der Waals surface area contributed by atoms with Crippen molar-refractivity contribution >= 4 is 29.3 Å². The average molecular weight is 354 g/mol. The molecule has 0 unspecified atom stereocenters. The van der Waals surface area contributed by atoms with E-state index in [4.69, 9.17) is 11.6 Å². The molecule has 1 amide bonds. The SMILES string of the molecule is Cc1nn(CC(C)C)c(Cl)c1/C=C/C(=O)Nc1c(F)cccc1F. The minimum atomic E-state index is -0.837. The van der Waals surface area contributed by atoms with E-state index in [9.17, 15) is 13.6 Å². The van der Waals surface area contributed by atoms with Gasteiger partial charge in [-0.1, -0.05) is 31.5 Å². The normalized spacial score (nSPS) is 11.5. The number of nitrogens with zero attached hydrogens (tertiary/aromatic N) is 2. The van der Waals surface area contributed by atoms with E-state index in [2.05, 4.69) is 10.4 Å². The zero-order valence-electron chi connectivity index (χ0n) is 13.6. The first-order valence-corrected chi connectivity index (χ1v) is 7.83. The predicted octanol–water partition coefficient (Wildman–Crippen LogP) is 4.43. The van der Waals surface area contributed by atoms with Crippen LogP contribution < -0.4 is 5.32 Å². The summed E-state index contributed by atoms with van der Waals surface area (Å²) >= 11 is 6.27. The first-order chi connectivity index (χ1) is 11.3. The summed E-state index contributed by atoms with van der Waals surface area (Å²) in [6.07, 6.45) is 2.65. The third-order valence-corrected chi connectivity index (χ3v) is 3.66. The molecule has 1 aromatic heterocycles. The largest absolute Gasteiger partial charge is 0.318 e. The monoisotopic (exact) mass is 353 g/mol. The van der Waals surface area contributed by atoms with Gasteiger partial charge in [0, 0.05) is 18.2 Å². The first-order valence-electron chi connectivity index (χ1n) is 7.45. The lowest BCUT2D eigenvalue weighted by Crippen LogP contribution is -2.11. The Labute approximate surface area is 144 Å². The number of carbonyl (C=O) groups excluding carboxylic acids is 1. The lowest BCUT2D eigenvalue weighted by Gasteiger charge is -2.06. The van der Waals surface area contributed by atoms with Crippen LogP contribution in [0.3, 0.4) is 0 Å². The van der Waals surface area contributed by atoms with Crippen molar-refractivity contribution in [1.29, 1.82) is 0 Å². The Hall–Kier alpha value is -2.21. The number of halogens is 3. The van der Waals surface area contributed by atoms with Gasteiger partial charge in [-0.25, -0.2) is 8.78 Å². The fourth-order valence-electron chi connectivity index (χ4n) is 2.16. The number of hydrogen-bond donors (Lipinski definition) is 1. The van der Waals surface area contributed by atoms with E-state index in [1.807, 2.05) is 13.8 Å². The van der Waals surface area contributed by atoms with E-state index in [0.717, 1.165) is 12.1 Å². The summed E-state index contributed by atoms with van der Waals surface area (Å²) in [6, 6.07) is 3.36. The predicted molar refractivity (Wildman–Crippen MR) is 90.8 cm³/mol. The number of hydrogen-bond acceptors (Lipinski definition) is 2. The van der Waals surface area contributed by atoms with Gasteiger partial charge in [0.25, 0.3) is 0 Å². The van der Waals surface area contributed by atoms with Gasteiger partial charge in [-0.05, 0) is 31.1 Å². The van der Waals surface area contributed by atoms with Crippen molar-refractivity contribution in [2.45, 2.75) is 27.3 Å². The van der Waals surface area contributed by atoms with Crippen molar-refractivity contribution in [2.24, 2.45) is 5.92 Å². The molecule has 7 heteroatoms. The van der Waals surface area contributed by atoms with Gasteiger partial charge >= 0.3 is 0 Å². The van der Waals surface area contributed by atoms with Crippen LogP contribution in [0.4, 0.5) is 14.5 Å². The highest BCUT2D eigenvalue weighted by Gasteiger charge is 2.13. The molecule has 4 nitrogen and oxygen atoms in total. The molecule has 0 aliphatic rings. The Morgan fingerprint density at radius 3 is 2.58 bits per heavy atom. The molecule has 0 saturated carbocycles. The lowest BCUT2D eigenvalue weighted by molar-refractivity contribution is -0.111. The molecule has 2 rings (SSSR count). The third-order valence-electron chi connectivity index (χ3n) is 3.26. The second-order valence-electron chi connectivity index (χ2n) is 5.79. The fraction of sp³-hybridized carbons (Fsp3) is 0.294. The summed E-state index contributed by atoms with van der Waals surface area (Å²) in [4.78, 5) is 11.9. The lowest BCUT2D eigenvalue weighted by atomic mass is 10.2. The van der Waals surface area contributed by atoms with Gasteiger partial charge < -0.3 is 5.32 Å². The number of anilines is 1. The molecule has 0 spiro atoms. The number of carbonyl (C=O) groups is 1. The molecule has 0 fully saturated rings. The van der Waals surface area contributed by atoms with Crippen LogP contribution in [0.5, 0.6) is 0 Å². The molecule has 0 aliphatic carbocycles. The maximum atomic E-state index is 13.5. The Morgan fingerprint density at radius 1 is 1.38 bits per heavy atom. The zero-order chi connectivity index (χ0) is 17.9. The molecule has 0 radical (unpaired) electrons. The summed E-state index contributed by atoms with van der Waals surface area (Å²) < 4.78 is 28.7. The van der Waals surface area contributed by atoms with Crippen LogP contribution in [-0.4, -0.2) is 15.7 Å². The summed E-state index contributed by atoms with van der Waals surface area (Å²) in [5.41, 5.74) is 0.786. The number of amides is 1.